The van der Waals surface area contributed by atoms with Gasteiger partial charge < -0.3 is 0 Å². The molecular formula is C22H28ClSiZn+2. The van der Waals surface area contributed by atoms with Crippen molar-refractivity contribution >= 4 is 20.4 Å². The molecule has 2 aromatic rings. The molecule has 0 N–H and O–H groups in total. The van der Waals surface area contributed by atoms with Crippen molar-refractivity contribution in [3.8, 4) is 11.1 Å². The molecule has 2 aromatic carbocycles. The van der Waals surface area contributed by atoms with Gasteiger partial charge in [0.1, 0.15) is 0 Å². The third kappa shape index (κ3) is 5.28. The minimum absolute atomic E-state index is 0. The predicted molar refractivity (Wildman–Crippen MR) is 109 cm³/mol. The van der Waals surface area contributed by atoms with Gasteiger partial charge in [-0.25, -0.2) is 0 Å². The second-order valence-corrected chi connectivity index (χ2v) is 10.9. The van der Waals surface area contributed by atoms with Crippen LogP contribution in [-0.4, -0.2) is 8.80 Å². The van der Waals surface area contributed by atoms with Gasteiger partial charge in [0.2, 0.25) is 0 Å². The molecule has 1 radical (unpaired) electrons. The van der Waals surface area contributed by atoms with Crippen LogP contribution >= 0.6 is 11.6 Å². The van der Waals surface area contributed by atoms with E-state index >= 15 is 0 Å². The number of hydrogen-bond acceptors (Lipinski definition) is 0. The van der Waals surface area contributed by atoms with Crippen LogP contribution in [0.5, 0.6) is 0 Å². The fourth-order valence-corrected chi connectivity index (χ4v) is 7.37. The zero-order chi connectivity index (χ0) is 17.0. The van der Waals surface area contributed by atoms with Crippen LogP contribution in [0.4, 0.5) is 0 Å². The van der Waals surface area contributed by atoms with Gasteiger partial charge in [0.15, 0.2) is 0 Å². The Bertz CT molecular complexity index is 643. The normalized spacial score (nSPS) is 17.1. The Morgan fingerprint density at radius 2 is 1.44 bits per heavy atom. The molecule has 0 atom stereocenters. The molecule has 3 rings (SSSR count). The van der Waals surface area contributed by atoms with Crippen molar-refractivity contribution in [2.45, 2.75) is 63.1 Å². The summed E-state index contributed by atoms with van der Waals surface area (Å²) in [5.41, 5.74) is 4.43. The minimum atomic E-state index is -0.0551. The van der Waals surface area contributed by atoms with Gasteiger partial charge in [-0.05, 0) is 47.1 Å². The number of benzene rings is 2. The molecule has 1 aliphatic heterocycles. The maximum atomic E-state index is 5.99. The van der Waals surface area contributed by atoms with E-state index in [0.717, 1.165) is 5.02 Å². The van der Waals surface area contributed by atoms with E-state index in [1.54, 1.807) is 0 Å². The average molecular weight is 421 g/mol. The van der Waals surface area contributed by atoms with Crippen molar-refractivity contribution in [2.24, 2.45) is 0 Å². The maximum Gasteiger partial charge on any atom is 2.00 e. The van der Waals surface area contributed by atoms with Crippen LogP contribution in [0.2, 0.25) is 23.2 Å². The quantitative estimate of drug-likeness (QED) is 0.443. The molecule has 127 valence electrons. The molecule has 25 heavy (non-hydrogen) atoms. The largest absolute Gasteiger partial charge is 2.00 e. The minimum Gasteiger partial charge on any atom is -0.0843 e. The Morgan fingerprint density at radius 1 is 0.920 bits per heavy atom. The van der Waals surface area contributed by atoms with Crippen LogP contribution < -0.4 is 0 Å². The zero-order valence-electron chi connectivity index (χ0n) is 15.7. The van der Waals surface area contributed by atoms with Crippen molar-refractivity contribution in [3.63, 3.8) is 0 Å². The van der Waals surface area contributed by atoms with Gasteiger partial charge in [-0.3, -0.25) is 0 Å². The summed E-state index contributed by atoms with van der Waals surface area (Å²) in [6.45, 7) is 4.79. The summed E-state index contributed by atoms with van der Waals surface area (Å²) in [6.07, 6.45) is 5.56. The number of hydrogen-bond donors (Lipinski definition) is 0. The molecule has 1 saturated heterocycles. The molecule has 1 fully saturated rings. The molecule has 0 nitrogen and oxygen atoms in total. The van der Waals surface area contributed by atoms with Crippen molar-refractivity contribution < 1.29 is 19.5 Å². The Morgan fingerprint density at radius 3 is 1.96 bits per heavy atom. The number of halogens is 1. The van der Waals surface area contributed by atoms with E-state index in [0.29, 0.717) is 5.41 Å². The Hall–Kier alpha value is -0.430. The fraction of sp³-hybridized carbons (Fsp3) is 0.455. The van der Waals surface area contributed by atoms with Gasteiger partial charge in [0.25, 0.3) is 0 Å². The fourth-order valence-electron chi connectivity index (χ4n) is 3.83. The first-order chi connectivity index (χ1) is 11.6. The summed E-state index contributed by atoms with van der Waals surface area (Å²) in [4.78, 5) is 0. The van der Waals surface area contributed by atoms with Crippen LogP contribution in [-0.2, 0) is 24.9 Å². The molecule has 3 heteroatoms. The molecule has 0 spiro atoms. The zero-order valence-corrected chi connectivity index (χ0v) is 20.4. The molecule has 0 bridgehead atoms. The van der Waals surface area contributed by atoms with Gasteiger partial charge in [-0.1, -0.05) is 92.8 Å². The second-order valence-electron chi connectivity index (χ2n) is 7.50. The van der Waals surface area contributed by atoms with E-state index in [4.69, 9.17) is 11.6 Å². The molecule has 0 aliphatic carbocycles. The summed E-state index contributed by atoms with van der Waals surface area (Å²) in [7, 11) is -0.0551. The van der Waals surface area contributed by atoms with Crippen molar-refractivity contribution in [3.05, 3.63) is 59.1 Å². The van der Waals surface area contributed by atoms with Gasteiger partial charge in [-0.15, -0.1) is 0 Å². The van der Waals surface area contributed by atoms with Crippen molar-refractivity contribution in [1.29, 1.82) is 0 Å². The van der Waals surface area contributed by atoms with Crippen LogP contribution in [0, 0.1) is 0 Å². The number of rotatable bonds is 5. The predicted octanol–water partition coefficient (Wildman–Crippen LogP) is 7.35. The molecule has 0 saturated carbocycles. The van der Waals surface area contributed by atoms with Gasteiger partial charge >= 0.3 is 19.5 Å². The van der Waals surface area contributed by atoms with Crippen LogP contribution in [0.3, 0.4) is 0 Å². The van der Waals surface area contributed by atoms with Gasteiger partial charge in [0, 0.05) is 13.8 Å². The standard InChI is InChI=1S/C22H28ClSi.Zn/c1-3-4-15-24-16-13-22(2,14-17-24)20-9-5-18(6-10-20)19-7-11-21(23)12-8-19;/h5-12H,3-4,13-17H2,1-2H3;/q;+2. The smallest absolute Gasteiger partial charge is 0.0843 e. The van der Waals surface area contributed by atoms with Crippen LogP contribution in [0.25, 0.3) is 11.1 Å². The Kier molecular flexibility index (Phi) is 7.92. The van der Waals surface area contributed by atoms with Gasteiger partial charge in [0.05, 0.1) is 0 Å². The average Bonchev–Trinajstić information content (AvgIpc) is 2.62. The second kappa shape index (κ2) is 9.49. The van der Waals surface area contributed by atoms with Crippen LogP contribution in [0.15, 0.2) is 48.5 Å². The summed E-state index contributed by atoms with van der Waals surface area (Å²) in [6, 6.07) is 21.9. The van der Waals surface area contributed by atoms with E-state index < -0.39 is 0 Å². The first-order valence-corrected chi connectivity index (χ1v) is 11.8. The molecular weight excluding hydrogens is 393 g/mol. The maximum absolute atomic E-state index is 5.99. The third-order valence-corrected chi connectivity index (χ3v) is 8.93. The van der Waals surface area contributed by atoms with E-state index in [-0.39, 0.29) is 28.3 Å². The van der Waals surface area contributed by atoms with Crippen LogP contribution in [0.1, 0.15) is 45.1 Å². The van der Waals surface area contributed by atoms with E-state index in [9.17, 15) is 0 Å². The molecule has 1 heterocycles. The summed E-state index contributed by atoms with van der Waals surface area (Å²) in [5.74, 6) is 0. The first-order valence-electron chi connectivity index (χ1n) is 9.31. The van der Waals surface area contributed by atoms with E-state index in [1.165, 1.54) is 60.5 Å². The summed E-state index contributed by atoms with van der Waals surface area (Å²) >= 11 is 5.99. The summed E-state index contributed by atoms with van der Waals surface area (Å²) < 4.78 is 0. The first kappa shape index (κ1) is 20.9. The molecule has 1 aliphatic rings. The monoisotopic (exact) mass is 419 g/mol. The SMILES string of the molecule is CCCC[Si]1CCC(C)(c2ccc(-c3ccc(Cl)cc3)cc2)CC1.[Zn+2]. The van der Waals surface area contributed by atoms with Crippen molar-refractivity contribution in [1.82, 2.24) is 0 Å². The van der Waals surface area contributed by atoms with Crippen molar-refractivity contribution in [2.75, 3.05) is 0 Å². The Balaban J connectivity index is 0.00000225. The number of unbranched alkanes of at least 4 members (excludes halogenated alkanes) is 1. The Labute approximate surface area is 172 Å². The topological polar surface area (TPSA) is 0 Å². The summed E-state index contributed by atoms with van der Waals surface area (Å²) in [5, 5.41) is 0.797. The van der Waals surface area contributed by atoms with E-state index in [2.05, 4.69) is 50.2 Å². The molecule has 0 amide bonds. The molecule has 0 aromatic heterocycles. The van der Waals surface area contributed by atoms with E-state index in [1.807, 2.05) is 12.1 Å². The molecule has 0 unspecified atom stereocenters. The van der Waals surface area contributed by atoms with Gasteiger partial charge in [-0.2, -0.15) is 0 Å². The third-order valence-electron chi connectivity index (χ3n) is 5.70.